The van der Waals surface area contributed by atoms with Gasteiger partial charge in [0.15, 0.2) is 5.69 Å². The topological polar surface area (TPSA) is 32.3 Å². The Balaban J connectivity index is 1.95. The second kappa shape index (κ2) is 4.74. The molecular formula is C14H19F3N4. The highest BCUT2D eigenvalue weighted by Crippen LogP contribution is 2.52. The first-order valence-corrected chi connectivity index (χ1v) is 7.18. The molecule has 3 rings (SSSR count). The van der Waals surface area contributed by atoms with Crippen LogP contribution in [0.25, 0.3) is 0 Å². The van der Waals surface area contributed by atoms with E-state index in [0.717, 1.165) is 25.6 Å². The molecule has 1 saturated heterocycles. The lowest BCUT2D eigenvalue weighted by molar-refractivity contribution is -0.141. The molecule has 0 aromatic carbocycles. The van der Waals surface area contributed by atoms with Crippen molar-refractivity contribution in [2.24, 2.45) is 5.41 Å². The maximum absolute atomic E-state index is 13.0. The van der Waals surface area contributed by atoms with Gasteiger partial charge >= 0.3 is 6.18 Å². The van der Waals surface area contributed by atoms with E-state index in [2.05, 4.69) is 9.97 Å². The summed E-state index contributed by atoms with van der Waals surface area (Å²) in [7, 11) is 3.37. The van der Waals surface area contributed by atoms with Crippen LogP contribution in [0.4, 0.5) is 24.9 Å². The molecule has 1 aromatic rings. The summed E-state index contributed by atoms with van der Waals surface area (Å²) in [6.45, 7) is 1.51. The Morgan fingerprint density at radius 1 is 1.19 bits per heavy atom. The van der Waals surface area contributed by atoms with Crippen molar-refractivity contribution in [2.45, 2.75) is 31.9 Å². The summed E-state index contributed by atoms with van der Waals surface area (Å²) in [5.41, 5.74) is -0.555. The van der Waals surface area contributed by atoms with Crippen LogP contribution in [-0.2, 0) is 6.18 Å². The first-order chi connectivity index (χ1) is 9.79. The maximum Gasteiger partial charge on any atom is 0.433 e. The van der Waals surface area contributed by atoms with Crippen LogP contribution < -0.4 is 9.80 Å². The number of nitrogens with zero attached hydrogens (tertiary/aromatic N) is 4. The van der Waals surface area contributed by atoms with Crippen molar-refractivity contribution in [2.75, 3.05) is 37.0 Å². The fourth-order valence-electron chi connectivity index (χ4n) is 2.90. The van der Waals surface area contributed by atoms with Gasteiger partial charge in [0.25, 0.3) is 0 Å². The number of hydrogen-bond donors (Lipinski definition) is 0. The van der Waals surface area contributed by atoms with Crippen LogP contribution in [0.5, 0.6) is 0 Å². The minimum absolute atomic E-state index is 0.208. The summed E-state index contributed by atoms with van der Waals surface area (Å²) in [5.74, 6) is 0.502. The Morgan fingerprint density at radius 2 is 1.90 bits per heavy atom. The van der Waals surface area contributed by atoms with E-state index in [-0.39, 0.29) is 5.95 Å². The van der Waals surface area contributed by atoms with Crippen LogP contribution in [0.1, 0.15) is 31.4 Å². The number of anilines is 2. The van der Waals surface area contributed by atoms with Crippen molar-refractivity contribution < 1.29 is 13.2 Å². The van der Waals surface area contributed by atoms with Gasteiger partial charge in [0.05, 0.1) is 0 Å². The van der Waals surface area contributed by atoms with E-state index in [1.165, 1.54) is 19.3 Å². The number of aromatic nitrogens is 2. The van der Waals surface area contributed by atoms with Crippen LogP contribution in [0.3, 0.4) is 0 Å². The molecule has 21 heavy (non-hydrogen) atoms. The van der Waals surface area contributed by atoms with E-state index in [9.17, 15) is 13.2 Å². The maximum atomic E-state index is 13.0. The van der Waals surface area contributed by atoms with Gasteiger partial charge in [-0.1, -0.05) is 0 Å². The summed E-state index contributed by atoms with van der Waals surface area (Å²) in [6, 6.07) is 1.00. The van der Waals surface area contributed by atoms with Crippen molar-refractivity contribution in [3.63, 3.8) is 0 Å². The summed E-state index contributed by atoms with van der Waals surface area (Å²) in [5, 5.41) is 0. The van der Waals surface area contributed by atoms with E-state index in [1.54, 1.807) is 19.0 Å². The minimum atomic E-state index is -4.45. The van der Waals surface area contributed by atoms with Crippen molar-refractivity contribution >= 4 is 11.8 Å². The highest BCUT2D eigenvalue weighted by Gasteiger charge is 2.46. The molecule has 4 nitrogen and oxygen atoms in total. The second-order valence-electron chi connectivity index (χ2n) is 6.33. The van der Waals surface area contributed by atoms with Gasteiger partial charge in [0, 0.05) is 33.3 Å². The van der Waals surface area contributed by atoms with Crippen LogP contribution in [0, 0.1) is 5.41 Å². The van der Waals surface area contributed by atoms with Gasteiger partial charge in [-0.05, 0) is 31.1 Å². The Kier molecular flexibility index (Phi) is 3.26. The monoisotopic (exact) mass is 300 g/mol. The van der Waals surface area contributed by atoms with Crippen LogP contribution in [0.2, 0.25) is 0 Å². The molecule has 1 saturated carbocycles. The van der Waals surface area contributed by atoms with E-state index in [4.69, 9.17) is 0 Å². The third-order valence-corrected chi connectivity index (χ3v) is 4.35. The first-order valence-electron chi connectivity index (χ1n) is 7.18. The minimum Gasteiger partial charge on any atom is -0.363 e. The van der Waals surface area contributed by atoms with Gasteiger partial charge in [-0.2, -0.15) is 18.2 Å². The van der Waals surface area contributed by atoms with Gasteiger partial charge in [0.2, 0.25) is 5.95 Å². The summed E-state index contributed by atoms with van der Waals surface area (Å²) in [6.07, 6.45) is 0.0569. The predicted molar refractivity (Wildman–Crippen MR) is 74.5 cm³/mol. The SMILES string of the molecule is CN(C)c1cc(C(F)(F)F)nc(N2CCCC3(CC3)C2)n1. The van der Waals surface area contributed by atoms with E-state index in [0.29, 0.717) is 11.2 Å². The number of alkyl halides is 3. The Labute approximate surface area is 122 Å². The largest absolute Gasteiger partial charge is 0.433 e. The summed E-state index contributed by atoms with van der Waals surface area (Å²) >= 11 is 0. The van der Waals surface area contributed by atoms with E-state index >= 15 is 0 Å². The molecule has 1 aliphatic carbocycles. The molecule has 0 atom stereocenters. The zero-order chi connectivity index (χ0) is 15.3. The average Bonchev–Trinajstić information content (AvgIpc) is 3.16. The van der Waals surface area contributed by atoms with E-state index in [1.807, 2.05) is 4.90 Å². The van der Waals surface area contributed by atoms with Gasteiger partial charge in [-0.3, -0.25) is 0 Å². The Hall–Kier alpha value is -1.53. The molecule has 7 heteroatoms. The van der Waals surface area contributed by atoms with Crippen molar-refractivity contribution in [3.05, 3.63) is 11.8 Å². The lowest BCUT2D eigenvalue weighted by Gasteiger charge is -2.33. The molecular weight excluding hydrogens is 281 g/mol. The molecule has 0 N–H and O–H groups in total. The van der Waals surface area contributed by atoms with Gasteiger partial charge in [-0.25, -0.2) is 4.98 Å². The molecule has 0 unspecified atom stereocenters. The molecule has 0 bridgehead atoms. The van der Waals surface area contributed by atoms with Crippen LogP contribution >= 0.6 is 0 Å². The lowest BCUT2D eigenvalue weighted by Crippen LogP contribution is -2.38. The number of halogens is 3. The third kappa shape index (κ3) is 2.91. The molecule has 2 heterocycles. The average molecular weight is 300 g/mol. The first kappa shape index (κ1) is 14.4. The molecule has 1 spiro atoms. The number of piperidine rings is 1. The highest BCUT2D eigenvalue weighted by atomic mass is 19.4. The summed E-state index contributed by atoms with van der Waals surface area (Å²) < 4.78 is 39.0. The smallest absolute Gasteiger partial charge is 0.363 e. The van der Waals surface area contributed by atoms with Crippen LogP contribution in [0.15, 0.2) is 6.07 Å². The quantitative estimate of drug-likeness (QED) is 0.840. The highest BCUT2D eigenvalue weighted by molar-refractivity contribution is 5.46. The van der Waals surface area contributed by atoms with Crippen molar-refractivity contribution in [1.82, 2.24) is 9.97 Å². The van der Waals surface area contributed by atoms with Gasteiger partial charge in [0.1, 0.15) is 5.82 Å². The molecule has 2 fully saturated rings. The zero-order valence-electron chi connectivity index (χ0n) is 12.2. The number of hydrogen-bond acceptors (Lipinski definition) is 4. The standard InChI is InChI=1S/C14H19F3N4/c1-20(2)11-8-10(14(15,16)17)18-12(19-11)21-7-3-4-13(9-21)5-6-13/h8H,3-7,9H2,1-2H3. The molecule has 0 amide bonds. The number of rotatable bonds is 2. The van der Waals surface area contributed by atoms with Gasteiger partial charge < -0.3 is 9.80 Å². The zero-order valence-corrected chi connectivity index (χ0v) is 12.2. The molecule has 116 valence electrons. The van der Waals surface area contributed by atoms with Gasteiger partial charge in [-0.15, -0.1) is 0 Å². The molecule has 1 aliphatic heterocycles. The fourth-order valence-corrected chi connectivity index (χ4v) is 2.90. The second-order valence-corrected chi connectivity index (χ2v) is 6.33. The Bertz CT molecular complexity index is 538. The normalized spacial score (nSPS) is 20.7. The Morgan fingerprint density at radius 3 is 2.48 bits per heavy atom. The molecule has 2 aliphatic rings. The van der Waals surface area contributed by atoms with Crippen molar-refractivity contribution in [3.8, 4) is 0 Å². The predicted octanol–water partition coefficient (Wildman–Crippen LogP) is 2.94. The molecule has 1 aromatic heterocycles. The van der Waals surface area contributed by atoms with Crippen molar-refractivity contribution in [1.29, 1.82) is 0 Å². The van der Waals surface area contributed by atoms with E-state index < -0.39 is 11.9 Å². The summed E-state index contributed by atoms with van der Waals surface area (Å²) in [4.78, 5) is 11.6. The third-order valence-electron chi connectivity index (χ3n) is 4.35. The lowest BCUT2D eigenvalue weighted by atomic mass is 9.95. The molecule has 0 radical (unpaired) electrons. The van der Waals surface area contributed by atoms with Crippen LogP contribution in [-0.4, -0.2) is 37.2 Å². The fraction of sp³-hybridized carbons (Fsp3) is 0.714.